The summed E-state index contributed by atoms with van der Waals surface area (Å²) in [4.78, 5) is 8.20. The fourth-order valence-electron chi connectivity index (χ4n) is 3.05. The molecule has 1 aliphatic heterocycles. The van der Waals surface area contributed by atoms with Crippen molar-refractivity contribution in [1.82, 2.24) is 4.98 Å². The van der Waals surface area contributed by atoms with E-state index in [1.165, 1.54) is 28.1 Å². The van der Waals surface area contributed by atoms with E-state index in [1.807, 2.05) is 11.8 Å². The highest BCUT2D eigenvalue weighted by Crippen LogP contribution is 2.33. The van der Waals surface area contributed by atoms with E-state index in [4.69, 9.17) is 5.73 Å². The van der Waals surface area contributed by atoms with Crippen LogP contribution in [0.5, 0.6) is 0 Å². The van der Waals surface area contributed by atoms with E-state index in [-0.39, 0.29) is 0 Å². The van der Waals surface area contributed by atoms with Gasteiger partial charge in [0.15, 0.2) is 5.13 Å². The second kappa shape index (κ2) is 6.42. The number of rotatable bonds is 3. The van der Waals surface area contributed by atoms with Crippen molar-refractivity contribution >= 4 is 44.1 Å². The number of hydrogen-bond donors (Lipinski definition) is 1. The molecule has 1 aliphatic rings. The van der Waals surface area contributed by atoms with Crippen LogP contribution in [0.4, 0.5) is 10.8 Å². The number of benzene rings is 2. The molecule has 0 unspecified atom stereocenters. The van der Waals surface area contributed by atoms with Crippen LogP contribution in [0, 0.1) is 0 Å². The molecule has 3 aromatic rings. The standard InChI is InChI=1S/C18H19N3S2/c19-18-20-16-7-6-13(12-17(16)23-18)21-10-8-15(9-11-21)22-14-4-2-1-3-5-14/h1-7,12,15H,8-11H2,(H2,19,20). The normalized spacial score (nSPS) is 16.1. The van der Waals surface area contributed by atoms with E-state index >= 15 is 0 Å². The number of nitrogens with zero attached hydrogens (tertiary/aromatic N) is 2. The van der Waals surface area contributed by atoms with Crippen molar-refractivity contribution in [2.75, 3.05) is 23.7 Å². The predicted molar refractivity (Wildman–Crippen MR) is 102 cm³/mol. The van der Waals surface area contributed by atoms with E-state index in [9.17, 15) is 0 Å². The van der Waals surface area contributed by atoms with Crippen LogP contribution >= 0.6 is 23.1 Å². The maximum Gasteiger partial charge on any atom is 0.181 e. The summed E-state index contributed by atoms with van der Waals surface area (Å²) >= 11 is 3.59. The first-order valence-corrected chi connectivity index (χ1v) is 9.60. The van der Waals surface area contributed by atoms with E-state index in [0.29, 0.717) is 5.13 Å². The SMILES string of the molecule is Nc1nc2ccc(N3CCC(Sc4ccccc4)CC3)cc2s1. The van der Waals surface area contributed by atoms with Gasteiger partial charge in [0.1, 0.15) is 0 Å². The van der Waals surface area contributed by atoms with E-state index in [2.05, 4.69) is 58.4 Å². The van der Waals surface area contributed by atoms with Crippen LogP contribution in [0.25, 0.3) is 10.2 Å². The first-order chi connectivity index (χ1) is 11.3. The van der Waals surface area contributed by atoms with Gasteiger partial charge in [-0.1, -0.05) is 29.5 Å². The maximum absolute atomic E-state index is 5.80. The van der Waals surface area contributed by atoms with E-state index in [1.54, 1.807) is 11.3 Å². The highest BCUT2D eigenvalue weighted by atomic mass is 32.2. The van der Waals surface area contributed by atoms with E-state index in [0.717, 1.165) is 23.9 Å². The topological polar surface area (TPSA) is 42.1 Å². The Morgan fingerprint density at radius 1 is 1.09 bits per heavy atom. The Morgan fingerprint density at radius 2 is 1.87 bits per heavy atom. The van der Waals surface area contributed by atoms with Gasteiger partial charge < -0.3 is 10.6 Å². The molecular weight excluding hydrogens is 322 g/mol. The monoisotopic (exact) mass is 341 g/mol. The molecule has 0 atom stereocenters. The van der Waals surface area contributed by atoms with Gasteiger partial charge in [0.25, 0.3) is 0 Å². The van der Waals surface area contributed by atoms with Gasteiger partial charge in [0.05, 0.1) is 10.2 Å². The van der Waals surface area contributed by atoms with Crippen molar-refractivity contribution in [3.63, 3.8) is 0 Å². The molecular formula is C18H19N3S2. The van der Waals surface area contributed by atoms with Gasteiger partial charge >= 0.3 is 0 Å². The Bertz CT molecular complexity index is 792. The second-order valence-corrected chi connectivity index (χ2v) is 8.26. The first-order valence-electron chi connectivity index (χ1n) is 7.91. The van der Waals surface area contributed by atoms with Gasteiger partial charge in [-0.3, -0.25) is 0 Å². The summed E-state index contributed by atoms with van der Waals surface area (Å²) in [5, 5.41) is 1.37. The summed E-state index contributed by atoms with van der Waals surface area (Å²) in [6.45, 7) is 2.23. The zero-order valence-electron chi connectivity index (χ0n) is 12.8. The summed E-state index contributed by atoms with van der Waals surface area (Å²) in [6.07, 6.45) is 2.45. The largest absolute Gasteiger partial charge is 0.375 e. The lowest BCUT2D eigenvalue weighted by atomic mass is 10.1. The Hall–Kier alpha value is -1.72. The molecule has 0 radical (unpaired) electrons. The first kappa shape index (κ1) is 14.8. The van der Waals surface area contributed by atoms with E-state index < -0.39 is 0 Å². The Morgan fingerprint density at radius 3 is 2.65 bits per heavy atom. The van der Waals surface area contributed by atoms with Crippen molar-refractivity contribution in [3.8, 4) is 0 Å². The fraction of sp³-hybridized carbons (Fsp3) is 0.278. The minimum absolute atomic E-state index is 0.648. The van der Waals surface area contributed by atoms with Crippen molar-refractivity contribution < 1.29 is 0 Å². The number of hydrogen-bond acceptors (Lipinski definition) is 5. The Balaban J connectivity index is 1.42. The molecule has 3 nitrogen and oxygen atoms in total. The van der Waals surface area contributed by atoms with Crippen molar-refractivity contribution in [2.24, 2.45) is 0 Å². The molecule has 1 fully saturated rings. The van der Waals surface area contributed by atoms with Crippen molar-refractivity contribution in [2.45, 2.75) is 23.0 Å². The molecule has 23 heavy (non-hydrogen) atoms. The quantitative estimate of drug-likeness (QED) is 0.753. The van der Waals surface area contributed by atoms with Crippen LogP contribution in [0.2, 0.25) is 0 Å². The number of aromatic nitrogens is 1. The smallest absolute Gasteiger partial charge is 0.181 e. The van der Waals surface area contributed by atoms with Gasteiger partial charge in [0.2, 0.25) is 0 Å². The number of piperidine rings is 1. The summed E-state index contributed by atoms with van der Waals surface area (Å²) in [6, 6.07) is 17.2. The molecule has 2 aromatic carbocycles. The number of thiazole rings is 1. The van der Waals surface area contributed by atoms with Crippen LogP contribution in [0.15, 0.2) is 53.4 Å². The summed E-state index contributed by atoms with van der Waals surface area (Å²) in [7, 11) is 0. The number of nitrogen functional groups attached to an aromatic ring is 1. The van der Waals surface area contributed by atoms with Crippen LogP contribution in [0.1, 0.15) is 12.8 Å². The Labute approximate surface area is 144 Å². The van der Waals surface area contributed by atoms with Crippen molar-refractivity contribution in [1.29, 1.82) is 0 Å². The zero-order chi connectivity index (χ0) is 15.6. The number of thioether (sulfide) groups is 1. The lowest BCUT2D eigenvalue weighted by molar-refractivity contribution is 0.591. The molecule has 0 amide bonds. The van der Waals surface area contributed by atoms with Gasteiger partial charge in [-0.15, -0.1) is 11.8 Å². The third-order valence-corrected chi connectivity index (χ3v) is 6.44. The third-order valence-electron chi connectivity index (χ3n) is 4.24. The van der Waals surface area contributed by atoms with Gasteiger partial charge in [-0.25, -0.2) is 4.98 Å². The van der Waals surface area contributed by atoms with Gasteiger partial charge in [-0.05, 0) is 43.2 Å². The lowest BCUT2D eigenvalue weighted by Gasteiger charge is -2.33. The molecule has 2 N–H and O–H groups in total. The number of anilines is 2. The third kappa shape index (κ3) is 3.31. The van der Waals surface area contributed by atoms with Crippen LogP contribution in [-0.2, 0) is 0 Å². The minimum Gasteiger partial charge on any atom is -0.375 e. The highest BCUT2D eigenvalue weighted by molar-refractivity contribution is 8.00. The van der Waals surface area contributed by atoms with Crippen LogP contribution in [-0.4, -0.2) is 23.3 Å². The lowest BCUT2D eigenvalue weighted by Crippen LogP contribution is -2.34. The molecule has 0 bridgehead atoms. The molecule has 0 saturated carbocycles. The molecule has 5 heteroatoms. The molecule has 1 saturated heterocycles. The Kier molecular flexibility index (Phi) is 4.14. The zero-order valence-corrected chi connectivity index (χ0v) is 14.4. The van der Waals surface area contributed by atoms with Crippen molar-refractivity contribution in [3.05, 3.63) is 48.5 Å². The molecule has 0 spiro atoms. The molecule has 0 aliphatic carbocycles. The predicted octanol–water partition coefficient (Wildman–Crippen LogP) is 4.64. The summed E-state index contributed by atoms with van der Waals surface area (Å²) in [5.74, 6) is 0. The molecule has 1 aromatic heterocycles. The molecule has 2 heterocycles. The minimum atomic E-state index is 0.648. The van der Waals surface area contributed by atoms with Gasteiger partial charge in [-0.2, -0.15) is 0 Å². The fourth-order valence-corrected chi connectivity index (χ4v) is 4.96. The summed E-state index contributed by atoms with van der Waals surface area (Å²) in [5.41, 5.74) is 8.10. The second-order valence-electron chi connectivity index (χ2n) is 5.82. The average molecular weight is 342 g/mol. The molecule has 4 rings (SSSR count). The van der Waals surface area contributed by atoms with Gasteiger partial charge in [0, 0.05) is 28.9 Å². The number of fused-ring (bicyclic) bond motifs is 1. The average Bonchev–Trinajstić information content (AvgIpc) is 2.95. The van der Waals surface area contributed by atoms with Crippen LogP contribution in [0.3, 0.4) is 0 Å². The maximum atomic E-state index is 5.80. The number of nitrogens with two attached hydrogens (primary N) is 1. The highest BCUT2D eigenvalue weighted by Gasteiger charge is 2.20. The van der Waals surface area contributed by atoms with Crippen LogP contribution < -0.4 is 10.6 Å². The molecule has 118 valence electrons. The summed E-state index contributed by atoms with van der Waals surface area (Å²) < 4.78 is 1.18.